The number of ether oxygens (including phenoxy) is 1. The molecule has 1 rings (SSSR count). The molecule has 1 unspecified atom stereocenters. The topological polar surface area (TPSA) is 46.5 Å². The monoisotopic (exact) mass is 300 g/mol. The quantitative estimate of drug-likeness (QED) is 0.878. The van der Waals surface area contributed by atoms with E-state index < -0.39 is 12.1 Å². The zero-order chi connectivity index (χ0) is 12.8. The molecule has 4 heteroatoms. The first-order valence-electron chi connectivity index (χ1n) is 5.58. The molecule has 0 saturated heterocycles. The summed E-state index contributed by atoms with van der Waals surface area (Å²) in [6.45, 7) is 4.46. The van der Waals surface area contributed by atoms with Gasteiger partial charge in [-0.25, -0.2) is 4.79 Å². The number of aliphatic carboxylic acids is 1. The van der Waals surface area contributed by atoms with Crippen LogP contribution in [0.25, 0.3) is 0 Å². The number of carboxylic acids is 1. The summed E-state index contributed by atoms with van der Waals surface area (Å²) in [6.07, 6.45) is -0.381. The maximum Gasteiger partial charge on any atom is 0.333 e. The SMILES string of the molecule is CC(C)COC(Cc1cccc(Br)c1)C(=O)O. The van der Waals surface area contributed by atoms with E-state index in [0.29, 0.717) is 18.9 Å². The smallest absolute Gasteiger partial charge is 0.333 e. The van der Waals surface area contributed by atoms with Gasteiger partial charge in [0.05, 0.1) is 6.61 Å². The molecule has 0 amide bonds. The minimum Gasteiger partial charge on any atom is -0.479 e. The Labute approximate surface area is 110 Å². The van der Waals surface area contributed by atoms with Gasteiger partial charge in [0.25, 0.3) is 0 Å². The molecule has 0 radical (unpaired) electrons. The number of rotatable bonds is 6. The van der Waals surface area contributed by atoms with Gasteiger partial charge in [-0.05, 0) is 23.6 Å². The van der Waals surface area contributed by atoms with Gasteiger partial charge in [0.2, 0.25) is 0 Å². The van der Waals surface area contributed by atoms with Gasteiger partial charge in [-0.1, -0.05) is 41.9 Å². The summed E-state index contributed by atoms with van der Waals surface area (Å²) < 4.78 is 6.34. The van der Waals surface area contributed by atoms with Gasteiger partial charge in [-0.2, -0.15) is 0 Å². The molecule has 1 aromatic rings. The van der Waals surface area contributed by atoms with Crippen LogP contribution in [0.4, 0.5) is 0 Å². The van der Waals surface area contributed by atoms with Crippen LogP contribution in [0.1, 0.15) is 19.4 Å². The van der Waals surface area contributed by atoms with E-state index in [0.717, 1.165) is 10.0 Å². The van der Waals surface area contributed by atoms with Crippen LogP contribution in [-0.4, -0.2) is 23.8 Å². The van der Waals surface area contributed by atoms with E-state index in [4.69, 9.17) is 9.84 Å². The van der Waals surface area contributed by atoms with E-state index in [2.05, 4.69) is 15.9 Å². The molecule has 17 heavy (non-hydrogen) atoms. The van der Waals surface area contributed by atoms with Crippen molar-refractivity contribution in [3.05, 3.63) is 34.3 Å². The van der Waals surface area contributed by atoms with E-state index in [1.807, 2.05) is 38.1 Å². The third kappa shape index (κ3) is 5.33. The fraction of sp³-hybridized carbons (Fsp3) is 0.462. The summed E-state index contributed by atoms with van der Waals surface area (Å²) in [7, 11) is 0. The highest BCUT2D eigenvalue weighted by molar-refractivity contribution is 9.10. The molecule has 3 nitrogen and oxygen atoms in total. The number of hydrogen-bond acceptors (Lipinski definition) is 2. The Balaban J connectivity index is 2.63. The second kappa shape index (κ2) is 6.77. The van der Waals surface area contributed by atoms with Crippen LogP contribution in [0.2, 0.25) is 0 Å². The molecular weight excluding hydrogens is 284 g/mol. The van der Waals surface area contributed by atoms with Crippen molar-refractivity contribution in [2.24, 2.45) is 5.92 Å². The molecule has 0 bridgehead atoms. The van der Waals surface area contributed by atoms with Crippen molar-refractivity contribution in [2.45, 2.75) is 26.4 Å². The first kappa shape index (κ1) is 14.2. The van der Waals surface area contributed by atoms with Gasteiger partial charge in [-0.3, -0.25) is 0 Å². The van der Waals surface area contributed by atoms with E-state index >= 15 is 0 Å². The summed E-state index contributed by atoms with van der Waals surface area (Å²) in [5.41, 5.74) is 0.954. The minimum atomic E-state index is -0.911. The molecule has 1 aromatic carbocycles. The van der Waals surface area contributed by atoms with E-state index in [1.165, 1.54) is 0 Å². The fourth-order valence-electron chi connectivity index (χ4n) is 1.40. The average molecular weight is 301 g/mol. The molecular formula is C13H17BrO3. The van der Waals surface area contributed by atoms with E-state index in [9.17, 15) is 4.79 Å². The Kier molecular flexibility index (Phi) is 5.65. The molecule has 0 aliphatic rings. The van der Waals surface area contributed by atoms with Crippen LogP contribution in [0, 0.1) is 5.92 Å². The van der Waals surface area contributed by atoms with E-state index in [1.54, 1.807) is 0 Å². The van der Waals surface area contributed by atoms with Crippen molar-refractivity contribution in [1.29, 1.82) is 0 Å². The molecule has 0 saturated carbocycles. The van der Waals surface area contributed by atoms with Crippen molar-refractivity contribution in [3.63, 3.8) is 0 Å². The van der Waals surface area contributed by atoms with Crippen LogP contribution in [-0.2, 0) is 16.0 Å². The maximum absolute atomic E-state index is 11.1. The summed E-state index contributed by atoms with van der Waals surface area (Å²) in [4.78, 5) is 11.1. The Hall–Kier alpha value is -0.870. The van der Waals surface area contributed by atoms with Crippen LogP contribution in [0.15, 0.2) is 28.7 Å². The Bertz CT molecular complexity index is 377. The number of carboxylic acid groups (broad SMARTS) is 1. The highest BCUT2D eigenvalue weighted by Crippen LogP contribution is 2.14. The fourth-order valence-corrected chi connectivity index (χ4v) is 1.85. The molecule has 0 heterocycles. The summed E-state index contributed by atoms with van der Waals surface area (Å²) >= 11 is 3.36. The van der Waals surface area contributed by atoms with Gasteiger partial charge >= 0.3 is 5.97 Å². The number of benzene rings is 1. The Morgan fingerprint density at radius 2 is 2.18 bits per heavy atom. The molecule has 0 aliphatic carbocycles. The highest BCUT2D eigenvalue weighted by atomic mass is 79.9. The van der Waals surface area contributed by atoms with Gasteiger partial charge in [0, 0.05) is 10.9 Å². The third-order valence-electron chi connectivity index (χ3n) is 2.22. The first-order valence-corrected chi connectivity index (χ1v) is 6.37. The van der Waals surface area contributed by atoms with E-state index in [-0.39, 0.29) is 0 Å². The van der Waals surface area contributed by atoms with Crippen molar-refractivity contribution in [2.75, 3.05) is 6.61 Å². The predicted octanol–water partition coefficient (Wildman–Crippen LogP) is 3.12. The Morgan fingerprint density at radius 1 is 1.47 bits per heavy atom. The maximum atomic E-state index is 11.1. The normalized spacial score (nSPS) is 12.7. The second-order valence-corrected chi connectivity index (χ2v) is 5.30. The molecule has 0 aromatic heterocycles. The van der Waals surface area contributed by atoms with Crippen molar-refractivity contribution in [3.8, 4) is 0 Å². The van der Waals surface area contributed by atoms with Gasteiger partial charge in [0.15, 0.2) is 6.10 Å². The van der Waals surface area contributed by atoms with Crippen molar-refractivity contribution >= 4 is 21.9 Å². The van der Waals surface area contributed by atoms with Gasteiger partial charge < -0.3 is 9.84 Å². The van der Waals surface area contributed by atoms with Crippen LogP contribution >= 0.6 is 15.9 Å². The number of hydrogen-bond donors (Lipinski definition) is 1. The largest absolute Gasteiger partial charge is 0.479 e. The standard InChI is InChI=1S/C13H17BrO3/c1-9(2)8-17-12(13(15)16)7-10-4-3-5-11(14)6-10/h3-6,9,12H,7-8H2,1-2H3,(H,15,16). The summed E-state index contributed by atoms with van der Waals surface area (Å²) in [5.74, 6) is -0.579. The third-order valence-corrected chi connectivity index (χ3v) is 2.71. The second-order valence-electron chi connectivity index (χ2n) is 4.39. The van der Waals surface area contributed by atoms with Gasteiger partial charge in [-0.15, -0.1) is 0 Å². The molecule has 0 spiro atoms. The predicted molar refractivity (Wildman–Crippen MR) is 70.1 cm³/mol. The zero-order valence-corrected chi connectivity index (χ0v) is 11.6. The summed E-state index contributed by atoms with van der Waals surface area (Å²) in [5, 5.41) is 9.08. The lowest BCUT2D eigenvalue weighted by atomic mass is 10.1. The number of carbonyl (C=O) groups is 1. The van der Waals surface area contributed by atoms with Crippen LogP contribution < -0.4 is 0 Å². The lowest BCUT2D eigenvalue weighted by Gasteiger charge is -2.15. The lowest BCUT2D eigenvalue weighted by Crippen LogP contribution is -2.28. The summed E-state index contributed by atoms with van der Waals surface area (Å²) in [6, 6.07) is 7.61. The van der Waals surface area contributed by atoms with Crippen molar-refractivity contribution < 1.29 is 14.6 Å². The zero-order valence-electron chi connectivity index (χ0n) is 10.0. The molecule has 0 aliphatic heterocycles. The molecule has 1 N–H and O–H groups in total. The first-order chi connectivity index (χ1) is 7.99. The molecule has 0 fully saturated rings. The lowest BCUT2D eigenvalue weighted by molar-refractivity contribution is -0.150. The Morgan fingerprint density at radius 3 is 2.71 bits per heavy atom. The average Bonchev–Trinajstić information content (AvgIpc) is 2.23. The molecule has 94 valence electrons. The number of halogens is 1. The highest BCUT2D eigenvalue weighted by Gasteiger charge is 2.19. The van der Waals surface area contributed by atoms with Gasteiger partial charge in [0.1, 0.15) is 0 Å². The van der Waals surface area contributed by atoms with Crippen LogP contribution in [0.5, 0.6) is 0 Å². The molecule has 1 atom stereocenters. The minimum absolute atomic E-state index is 0.333. The van der Waals surface area contributed by atoms with Crippen LogP contribution in [0.3, 0.4) is 0 Å². The van der Waals surface area contributed by atoms with Crippen molar-refractivity contribution in [1.82, 2.24) is 0 Å².